The van der Waals surface area contributed by atoms with Gasteiger partial charge in [-0.05, 0) is 38.4 Å². The molecule has 0 saturated heterocycles. The van der Waals surface area contributed by atoms with E-state index in [1.54, 1.807) is 0 Å². The fourth-order valence-electron chi connectivity index (χ4n) is 1.34. The number of carboxylic acids is 2. The molecule has 0 heterocycles. The Hall–Kier alpha value is -1.62. The second-order valence-electron chi connectivity index (χ2n) is 4.01. The van der Waals surface area contributed by atoms with E-state index in [2.05, 4.69) is 18.8 Å². The average Bonchev–Trinajstić information content (AvgIpc) is 2.31. The molecule has 0 aromatic rings. The highest BCUT2D eigenvalue weighted by Gasteiger charge is 2.10. The van der Waals surface area contributed by atoms with E-state index < -0.39 is 11.9 Å². The summed E-state index contributed by atoms with van der Waals surface area (Å²) in [6.07, 6.45) is 4.33. The van der Waals surface area contributed by atoms with Crippen molar-refractivity contribution in [3.8, 4) is 0 Å². The average molecular weight is 255 g/mol. The molecule has 0 aromatic carbocycles. The van der Waals surface area contributed by atoms with Crippen molar-refractivity contribution in [3.63, 3.8) is 0 Å². The summed E-state index contributed by atoms with van der Waals surface area (Å²) in [5.74, 6) is -2.29. The van der Waals surface area contributed by atoms with Crippen LogP contribution in [0.4, 0.5) is 0 Å². The molecule has 5 nitrogen and oxygen atoms in total. The molecule has 0 rings (SSSR count). The second kappa shape index (κ2) is 9.41. The molecule has 0 radical (unpaired) electrons. The zero-order valence-electron chi connectivity index (χ0n) is 10.7. The van der Waals surface area contributed by atoms with Crippen molar-refractivity contribution < 1.29 is 19.8 Å². The lowest BCUT2D eigenvalue weighted by molar-refractivity contribution is -0.133. The van der Waals surface area contributed by atoms with Crippen molar-refractivity contribution in [1.29, 1.82) is 0 Å². The highest BCUT2D eigenvalue weighted by Crippen LogP contribution is 2.08. The molecule has 3 N–H and O–H groups in total. The molecule has 0 fully saturated rings. The van der Waals surface area contributed by atoms with Crippen LogP contribution in [-0.4, -0.2) is 35.2 Å². The van der Waals surface area contributed by atoms with Crippen LogP contribution in [0.1, 0.15) is 32.6 Å². The lowest BCUT2D eigenvalue weighted by atomic mass is 10.1. The van der Waals surface area contributed by atoms with E-state index in [-0.39, 0.29) is 11.1 Å². The highest BCUT2D eigenvalue weighted by atomic mass is 16.4. The first-order chi connectivity index (χ1) is 8.49. The van der Waals surface area contributed by atoms with Crippen LogP contribution in [0.15, 0.2) is 23.8 Å². The first kappa shape index (κ1) is 16.4. The van der Waals surface area contributed by atoms with Gasteiger partial charge in [-0.15, -0.1) is 0 Å². The SMILES string of the molecule is C=C(C=C(CCCNCCCC)C(=O)O)C(=O)O. The molecule has 0 amide bonds. The molecular formula is C13H21NO4. The van der Waals surface area contributed by atoms with Gasteiger partial charge in [-0.3, -0.25) is 0 Å². The van der Waals surface area contributed by atoms with Gasteiger partial charge >= 0.3 is 11.9 Å². The van der Waals surface area contributed by atoms with E-state index in [1.165, 1.54) is 0 Å². The van der Waals surface area contributed by atoms with Crippen LogP contribution < -0.4 is 5.32 Å². The smallest absolute Gasteiger partial charge is 0.335 e. The summed E-state index contributed by atoms with van der Waals surface area (Å²) in [7, 11) is 0. The molecule has 18 heavy (non-hydrogen) atoms. The van der Waals surface area contributed by atoms with Crippen molar-refractivity contribution in [2.75, 3.05) is 13.1 Å². The molecule has 0 atom stereocenters. The van der Waals surface area contributed by atoms with E-state index in [4.69, 9.17) is 10.2 Å². The quantitative estimate of drug-likeness (QED) is 0.315. The van der Waals surface area contributed by atoms with Gasteiger partial charge in [-0.2, -0.15) is 0 Å². The first-order valence-corrected chi connectivity index (χ1v) is 6.05. The van der Waals surface area contributed by atoms with E-state index in [0.29, 0.717) is 12.8 Å². The standard InChI is InChI=1S/C13H21NO4/c1-3-4-7-14-8-5-6-11(13(17)18)9-10(2)12(15)16/h9,14H,2-8H2,1H3,(H,15,16)(H,17,18). The first-order valence-electron chi connectivity index (χ1n) is 6.05. The van der Waals surface area contributed by atoms with Gasteiger partial charge in [0.15, 0.2) is 0 Å². The summed E-state index contributed by atoms with van der Waals surface area (Å²) in [4.78, 5) is 21.5. The Bertz CT molecular complexity index is 334. The van der Waals surface area contributed by atoms with Crippen LogP contribution in [0.2, 0.25) is 0 Å². The third-order valence-electron chi connectivity index (χ3n) is 2.40. The van der Waals surface area contributed by atoms with Crippen LogP contribution in [-0.2, 0) is 9.59 Å². The summed E-state index contributed by atoms with van der Waals surface area (Å²) < 4.78 is 0. The number of hydrogen-bond donors (Lipinski definition) is 3. The molecule has 0 bridgehead atoms. The van der Waals surface area contributed by atoms with Crippen LogP contribution in [0.25, 0.3) is 0 Å². The van der Waals surface area contributed by atoms with Crippen molar-refractivity contribution in [1.82, 2.24) is 5.32 Å². The van der Waals surface area contributed by atoms with E-state index >= 15 is 0 Å². The number of carbonyl (C=O) groups is 2. The minimum Gasteiger partial charge on any atom is -0.478 e. The molecule has 0 spiro atoms. The maximum absolute atomic E-state index is 10.9. The second-order valence-corrected chi connectivity index (χ2v) is 4.01. The summed E-state index contributed by atoms with van der Waals surface area (Å²) in [5, 5.41) is 20.8. The highest BCUT2D eigenvalue weighted by molar-refractivity contribution is 5.94. The van der Waals surface area contributed by atoms with Crippen molar-refractivity contribution >= 4 is 11.9 Å². The van der Waals surface area contributed by atoms with Gasteiger partial charge in [0.1, 0.15) is 0 Å². The fourth-order valence-corrected chi connectivity index (χ4v) is 1.34. The summed E-state index contributed by atoms with van der Waals surface area (Å²) in [6, 6.07) is 0. The Morgan fingerprint density at radius 2 is 1.78 bits per heavy atom. The Labute approximate surface area is 107 Å². The van der Waals surface area contributed by atoms with Gasteiger partial charge in [0.25, 0.3) is 0 Å². The largest absolute Gasteiger partial charge is 0.478 e. The molecule has 0 aromatic heterocycles. The molecule has 102 valence electrons. The molecule has 0 aliphatic rings. The van der Waals surface area contributed by atoms with Crippen LogP contribution >= 0.6 is 0 Å². The Morgan fingerprint density at radius 3 is 2.28 bits per heavy atom. The molecule has 0 aliphatic carbocycles. The lowest BCUT2D eigenvalue weighted by Gasteiger charge is -2.05. The van der Waals surface area contributed by atoms with E-state index in [1.807, 2.05) is 0 Å². The van der Waals surface area contributed by atoms with Gasteiger partial charge in [0.2, 0.25) is 0 Å². The van der Waals surface area contributed by atoms with Crippen molar-refractivity contribution in [3.05, 3.63) is 23.8 Å². The van der Waals surface area contributed by atoms with Gasteiger partial charge in [-0.1, -0.05) is 19.9 Å². The lowest BCUT2D eigenvalue weighted by Crippen LogP contribution is -2.17. The van der Waals surface area contributed by atoms with Crippen LogP contribution in [0.3, 0.4) is 0 Å². The summed E-state index contributed by atoms with van der Waals surface area (Å²) >= 11 is 0. The predicted octanol–water partition coefficient (Wildman–Crippen LogP) is 1.81. The Morgan fingerprint density at radius 1 is 1.17 bits per heavy atom. The fraction of sp³-hybridized carbons (Fsp3) is 0.538. The van der Waals surface area contributed by atoms with Gasteiger partial charge in [0.05, 0.1) is 5.57 Å². The summed E-state index contributed by atoms with van der Waals surface area (Å²) in [6.45, 7) is 7.04. The normalized spacial score (nSPS) is 11.3. The molecule has 0 saturated carbocycles. The van der Waals surface area contributed by atoms with Gasteiger partial charge < -0.3 is 15.5 Å². The van der Waals surface area contributed by atoms with Crippen LogP contribution in [0, 0.1) is 0 Å². The molecular weight excluding hydrogens is 234 g/mol. The number of rotatable bonds is 10. The zero-order chi connectivity index (χ0) is 14.0. The van der Waals surface area contributed by atoms with Crippen molar-refractivity contribution in [2.24, 2.45) is 0 Å². The maximum Gasteiger partial charge on any atom is 0.335 e. The number of aliphatic carboxylic acids is 2. The third kappa shape index (κ3) is 7.62. The Balaban J connectivity index is 4.10. The molecule has 5 heteroatoms. The number of carboxylic acid groups (broad SMARTS) is 2. The monoisotopic (exact) mass is 255 g/mol. The van der Waals surface area contributed by atoms with Crippen molar-refractivity contribution in [2.45, 2.75) is 32.6 Å². The minimum atomic E-state index is -1.20. The number of nitrogens with one attached hydrogen (secondary N) is 1. The topological polar surface area (TPSA) is 86.6 Å². The maximum atomic E-state index is 10.9. The van der Waals surface area contributed by atoms with Crippen LogP contribution in [0.5, 0.6) is 0 Å². The third-order valence-corrected chi connectivity index (χ3v) is 2.40. The van der Waals surface area contributed by atoms with Gasteiger partial charge in [0, 0.05) is 5.57 Å². The summed E-state index contributed by atoms with van der Waals surface area (Å²) in [5.41, 5.74) is -0.119. The Kier molecular flexibility index (Phi) is 8.57. The molecule has 0 unspecified atom stereocenters. The van der Waals surface area contributed by atoms with E-state index in [0.717, 1.165) is 32.0 Å². The minimum absolute atomic E-state index is 0.0830. The zero-order valence-corrected chi connectivity index (χ0v) is 10.7. The predicted molar refractivity (Wildman–Crippen MR) is 69.5 cm³/mol. The number of hydrogen-bond acceptors (Lipinski definition) is 3. The van der Waals surface area contributed by atoms with Gasteiger partial charge in [-0.25, -0.2) is 9.59 Å². The molecule has 0 aliphatic heterocycles. The van der Waals surface area contributed by atoms with E-state index in [9.17, 15) is 9.59 Å². The number of unbranched alkanes of at least 4 members (excludes halogenated alkanes) is 1.